The Morgan fingerprint density at radius 2 is 2.00 bits per heavy atom. The van der Waals surface area contributed by atoms with Gasteiger partial charge in [-0.05, 0) is 44.5 Å². The average molecular weight is 367 g/mol. The van der Waals surface area contributed by atoms with Crippen LogP contribution in [0.2, 0.25) is 0 Å². The highest BCUT2D eigenvalue weighted by molar-refractivity contribution is 5.97. The number of likely N-dealkylation sites (tertiary alicyclic amines) is 1. The smallest absolute Gasteiger partial charge is 0.274 e. The van der Waals surface area contributed by atoms with Crippen molar-refractivity contribution >= 4 is 11.7 Å². The third-order valence-corrected chi connectivity index (χ3v) is 5.42. The predicted molar refractivity (Wildman–Crippen MR) is 100 cm³/mol. The lowest BCUT2D eigenvalue weighted by molar-refractivity contribution is 0.0629. The van der Waals surface area contributed by atoms with E-state index in [-0.39, 0.29) is 17.6 Å². The van der Waals surface area contributed by atoms with Gasteiger partial charge < -0.3 is 9.80 Å². The molecule has 4 rings (SSSR count). The molecule has 2 aliphatic heterocycles. The van der Waals surface area contributed by atoms with Crippen molar-refractivity contribution in [1.29, 1.82) is 0 Å². The average Bonchev–Trinajstić information content (AvgIpc) is 3.01. The molecule has 27 heavy (non-hydrogen) atoms. The molecule has 2 aromatic rings. The summed E-state index contributed by atoms with van der Waals surface area (Å²) in [7, 11) is 2.09. The first kappa shape index (κ1) is 17.9. The Kier molecular flexibility index (Phi) is 5.03. The first-order chi connectivity index (χ1) is 13.1. The number of pyridine rings is 1. The number of amides is 1. The van der Waals surface area contributed by atoms with Gasteiger partial charge in [0.2, 0.25) is 0 Å². The Hall–Kier alpha value is -2.54. The Bertz CT molecular complexity index is 832. The number of rotatable bonds is 3. The number of aromatic nitrogens is 3. The van der Waals surface area contributed by atoms with E-state index in [0.717, 1.165) is 44.6 Å². The fourth-order valence-corrected chi connectivity index (χ4v) is 3.98. The molecule has 0 spiro atoms. The minimum absolute atomic E-state index is 0.0235. The van der Waals surface area contributed by atoms with Crippen molar-refractivity contribution in [2.75, 3.05) is 26.7 Å². The van der Waals surface area contributed by atoms with Gasteiger partial charge in [-0.2, -0.15) is 5.10 Å². The maximum atomic E-state index is 13.0. The summed E-state index contributed by atoms with van der Waals surface area (Å²) in [5.74, 6) is -0.240. The molecule has 0 aliphatic carbocycles. The molecule has 1 amide bonds. The van der Waals surface area contributed by atoms with Gasteiger partial charge in [-0.1, -0.05) is 6.07 Å². The zero-order valence-corrected chi connectivity index (χ0v) is 15.7. The van der Waals surface area contributed by atoms with Crippen LogP contribution >= 0.6 is 0 Å². The van der Waals surface area contributed by atoms with Gasteiger partial charge in [0.15, 0.2) is 11.5 Å². The number of nitrogens with zero attached hydrogens (tertiary/aromatic N) is 5. The van der Waals surface area contributed by atoms with Crippen LogP contribution in [0.4, 0.5) is 0 Å². The zero-order valence-electron chi connectivity index (χ0n) is 15.7. The van der Waals surface area contributed by atoms with Gasteiger partial charge in [-0.3, -0.25) is 19.3 Å². The lowest BCUT2D eigenvalue weighted by Crippen LogP contribution is -2.42. The van der Waals surface area contributed by atoms with E-state index in [1.54, 1.807) is 23.2 Å². The number of carbonyl (C=O) groups is 2. The maximum absolute atomic E-state index is 13.0. The first-order valence-corrected chi connectivity index (χ1v) is 9.61. The van der Waals surface area contributed by atoms with Crippen LogP contribution in [0.1, 0.15) is 45.9 Å². The largest absolute Gasteiger partial charge is 0.337 e. The normalized spacial score (nSPS) is 20.8. The number of Topliss-reactive ketones (excluding diaryl/α,β-unsaturated/α-hetero) is 1. The first-order valence-electron chi connectivity index (χ1n) is 9.61. The number of fused-ring (bicyclic) bond motifs is 1. The van der Waals surface area contributed by atoms with E-state index in [1.807, 2.05) is 16.8 Å². The summed E-state index contributed by atoms with van der Waals surface area (Å²) in [6.45, 7) is 3.80. The number of piperidine rings is 1. The molecule has 7 heteroatoms. The summed E-state index contributed by atoms with van der Waals surface area (Å²) in [5, 5.41) is 4.55. The monoisotopic (exact) mass is 367 g/mol. The van der Waals surface area contributed by atoms with Gasteiger partial charge >= 0.3 is 0 Å². The summed E-state index contributed by atoms with van der Waals surface area (Å²) in [5.41, 5.74) is 2.05. The van der Waals surface area contributed by atoms with Crippen molar-refractivity contribution in [3.05, 3.63) is 47.5 Å². The number of ketones is 1. The van der Waals surface area contributed by atoms with Crippen LogP contribution in [-0.4, -0.2) is 62.9 Å². The van der Waals surface area contributed by atoms with Crippen LogP contribution in [-0.2, 0) is 13.1 Å². The standard InChI is InChI=1S/C20H25N5O2/c1-23-9-5-11-25-16(14-23)12-18(22-25)20(27)24-10-4-6-15(13-24)19(26)17-7-2-3-8-21-17/h2-3,7-8,12,15H,4-6,9-11,13-14H2,1H3/t15-/m0/s1. The van der Waals surface area contributed by atoms with Crippen LogP contribution in [0.5, 0.6) is 0 Å². The van der Waals surface area contributed by atoms with Gasteiger partial charge in [0.25, 0.3) is 5.91 Å². The molecule has 0 unspecified atom stereocenters. The van der Waals surface area contributed by atoms with Gasteiger partial charge in [-0.15, -0.1) is 0 Å². The fourth-order valence-electron chi connectivity index (χ4n) is 3.98. The number of carbonyl (C=O) groups excluding carboxylic acids is 2. The molecule has 0 bridgehead atoms. The lowest BCUT2D eigenvalue weighted by atomic mass is 9.91. The maximum Gasteiger partial charge on any atom is 0.274 e. The summed E-state index contributed by atoms with van der Waals surface area (Å²) in [6.07, 6.45) is 4.28. The van der Waals surface area contributed by atoms with Gasteiger partial charge in [0.1, 0.15) is 5.69 Å². The Morgan fingerprint density at radius 1 is 1.11 bits per heavy atom. The second-order valence-corrected chi connectivity index (χ2v) is 7.50. The zero-order chi connectivity index (χ0) is 18.8. The van der Waals surface area contributed by atoms with E-state index in [1.165, 1.54) is 0 Å². The van der Waals surface area contributed by atoms with Crippen LogP contribution in [0.15, 0.2) is 30.5 Å². The number of hydrogen-bond donors (Lipinski definition) is 0. The summed E-state index contributed by atoms with van der Waals surface area (Å²) in [6, 6.07) is 7.27. The lowest BCUT2D eigenvalue weighted by Gasteiger charge is -2.31. The van der Waals surface area contributed by atoms with E-state index >= 15 is 0 Å². The van der Waals surface area contributed by atoms with E-state index in [4.69, 9.17) is 0 Å². The molecule has 1 atom stereocenters. The molecule has 0 aromatic carbocycles. The Labute approximate surface area is 159 Å². The highest BCUT2D eigenvalue weighted by atomic mass is 16.2. The van der Waals surface area contributed by atoms with Crippen molar-refractivity contribution in [3.63, 3.8) is 0 Å². The molecular formula is C20H25N5O2. The van der Waals surface area contributed by atoms with Crippen LogP contribution in [0.3, 0.4) is 0 Å². The highest BCUT2D eigenvalue weighted by Crippen LogP contribution is 2.22. The second kappa shape index (κ2) is 7.60. The van der Waals surface area contributed by atoms with Crippen molar-refractivity contribution < 1.29 is 9.59 Å². The molecule has 2 aliphatic rings. The minimum atomic E-state index is -0.191. The van der Waals surface area contributed by atoms with Gasteiger partial charge in [-0.25, -0.2) is 0 Å². The molecule has 2 aromatic heterocycles. The summed E-state index contributed by atoms with van der Waals surface area (Å²) < 4.78 is 1.96. The summed E-state index contributed by atoms with van der Waals surface area (Å²) >= 11 is 0. The van der Waals surface area contributed by atoms with Gasteiger partial charge in [0, 0.05) is 44.8 Å². The number of aryl methyl sites for hydroxylation is 1. The predicted octanol–water partition coefficient (Wildman–Crippen LogP) is 1.85. The third kappa shape index (κ3) is 3.78. The van der Waals surface area contributed by atoms with Crippen LogP contribution < -0.4 is 0 Å². The highest BCUT2D eigenvalue weighted by Gasteiger charge is 2.31. The molecule has 7 nitrogen and oxygen atoms in total. The molecule has 0 radical (unpaired) electrons. The third-order valence-electron chi connectivity index (χ3n) is 5.42. The van der Waals surface area contributed by atoms with Gasteiger partial charge in [0.05, 0.1) is 5.69 Å². The molecule has 1 saturated heterocycles. The van der Waals surface area contributed by atoms with E-state index in [9.17, 15) is 9.59 Å². The molecule has 0 N–H and O–H groups in total. The Morgan fingerprint density at radius 3 is 2.81 bits per heavy atom. The fraction of sp³-hybridized carbons (Fsp3) is 0.500. The SMILES string of the molecule is CN1CCCn2nc(C(=O)N3CCC[C@H](C(=O)c4ccccn4)C3)cc2C1. The second-order valence-electron chi connectivity index (χ2n) is 7.50. The van der Waals surface area contributed by atoms with E-state index < -0.39 is 0 Å². The quantitative estimate of drug-likeness (QED) is 0.774. The topological polar surface area (TPSA) is 71.3 Å². The molecule has 0 saturated carbocycles. The van der Waals surface area contributed by atoms with E-state index in [0.29, 0.717) is 24.5 Å². The van der Waals surface area contributed by atoms with Crippen LogP contribution in [0.25, 0.3) is 0 Å². The molecular weight excluding hydrogens is 342 g/mol. The summed E-state index contributed by atoms with van der Waals surface area (Å²) in [4.78, 5) is 33.9. The molecule has 1 fully saturated rings. The Balaban J connectivity index is 1.48. The molecule has 4 heterocycles. The minimum Gasteiger partial charge on any atom is -0.337 e. The molecule has 142 valence electrons. The van der Waals surface area contributed by atoms with Crippen molar-refractivity contribution in [2.24, 2.45) is 5.92 Å². The number of hydrogen-bond acceptors (Lipinski definition) is 5. The van der Waals surface area contributed by atoms with E-state index in [2.05, 4.69) is 22.0 Å². The van der Waals surface area contributed by atoms with Crippen molar-refractivity contribution in [3.8, 4) is 0 Å². The van der Waals surface area contributed by atoms with Crippen LogP contribution in [0, 0.1) is 5.92 Å². The van der Waals surface area contributed by atoms with Crippen molar-refractivity contribution in [1.82, 2.24) is 24.6 Å². The van der Waals surface area contributed by atoms with Crippen molar-refractivity contribution in [2.45, 2.75) is 32.4 Å².